The van der Waals surface area contributed by atoms with Gasteiger partial charge in [-0.1, -0.05) is 54.6 Å². The number of anilines is 1. The molecule has 1 spiro atoms. The third-order valence-corrected chi connectivity index (χ3v) is 5.41. The van der Waals surface area contributed by atoms with E-state index in [0.717, 1.165) is 28.0 Å². The molecule has 0 bridgehead atoms. The summed E-state index contributed by atoms with van der Waals surface area (Å²) in [4.78, 5) is 2.05. The molecule has 1 heterocycles. The van der Waals surface area contributed by atoms with Crippen LogP contribution in [-0.2, 0) is 18.8 Å². The molecule has 2 aromatic carbocycles. The smallest absolute Gasteiger partial charge is 0.378 e. The molecule has 1 saturated heterocycles. The van der Waals surface area contributed by atoms with Gasteiger partial charge in [0.25, 0.3) is 0 Å². The quantitative estimate of drug-likeness (QED) is 0.812. The molecule has 4 rings (SSSR count). The van der Waals surface area contributed by atoms with Crippen LogP contribution in [0.15, 0.2) is 84.5 Å². The topological polar surface area (TPSA) is 55.8 Å². The maximum atomic E-state index is 11.2. The van der Waals surface area contributed by atoms with E-state index in [4.69, 9.17) is 8.37 Å². The first-order valence-electron chi connectivity index (χ1n) is 8.50. The van der Waals surface area contributed by atoms with Crippen LogP contribution in [0.4, 0.5) is 5.69 Å². The summed E-state index contributed by atoms with van der Waals surface area (Å²) in [6.45, 7) is 0. The summed E-state index contributed by atoms with van der Waals surface area (Å²) in [5.41, 5.74) is 5.24. The van der Waals surface area contributed by atoms with Gasteiger partial charge in [-0.25, -0.2) is 8.37 Å². The summed E-state index contributed by atoms with van der Waals surface area (Å²) in [5, 5.41) is 0. The molecular formula is C21H19NO4S. The van der Waals surface area contributed by atoms with Gasteiger partial charge in [-0.2, -0.15) is 8.42 Å². The summed E-state index contributed by atoms with van der Waals surface area (Å²) in [6, 6.07) is 18.4. The fourth-order valence-corrected chi connectivity index (χ4v) is 4.03. The van der Waals surface area contributed by atoms with Crippen LogP contribution < -0.4 is 4.90 Å². The van der Waals surface area contributed by atoms with Crippen molar-refractivity contribution in [2.45, 2.75) is 5.79 Å². The van der Waals surface area contributed by atoms with Crippen molar-refractivity contribution in [1.29, 1.82) is 0 Å². The highest BCUT2D eigenvalue weighted by Crippen LogP contribution is 2.39. The van der Waals surface area contributed by atoms with Crippen LogP contribution in [0, 0.1) is 0 Å². The normalized spacial score (nSPS) is 19.0. The highest BCUT2D eigenvalue weighted by Gasteiger charge is 2.49. The van der Waals surface area contributed by atoms with Gasteiger partial charge < -0.3 is 4.90 Å². The third kappa shape index (κ3) is 3.47. The van der Waals surface area contributed by atoms with Crippen LogP contribution in [0.3, 0.4) is 0 Å². The second-order valence-corrected chi connectivity index (χ2v) is 7.75. The van der Waals surface area contributed by atoms with Crippen LogP contribution in [0.2, 0.25) is 0 Å². The molecular weight excluding hydrogens is 362 g/mol. The monoisotopic (exact) mass is 381 g/mol. The Kier molecular flexibility index (Phi) is 4.26. The molecule has 0 atom stereocenters. The summed E-state index contributed by atoms with van der Waals surface area (Å²) in [5.74, 6) is -1.31. The van der Waals surface area contributed by atoms with E-state index in [1.54, 1.807) is 12.2 Å². The molecule has 0 radical (unpaired) electrons. The Balaban J connectivity index is 1.77. The first kappa shape index (κ1) is 17.7. The van der Waals surface area contributed by atoms with Gasteiger partial charge in [-0.3, -0.25) is 0 Å². The molecule has 1 aliphatic carbocycles. The largest absolute Gasteiger partial charge is 0.406 e. The maximum Gasteiger partial charge on any atom is 0.406 e. The molecule has 1 fully saturated rings. The van der Waals surface area contributed by atoms with Gasteiger partial charge in [0.1, 0.15) is 0 Å². The molecule has 0 N–H and O–H groups in total. The molecule has 138 valence electrons. The van der Waals surface area contributed by atoms with Crippen molar-refractivity contribution in [3.05, 3.63) is 95.6 Å². The van der Waals surface area contributed by atoms with Gasteiger partial charge in [0.15, 0.2) is 0 Å². The van der Waals surface area contributed by atoms with Gasteiger partial charge in [0.05, 0.1) is 0 Å². The van der Waals surface area contributed by atoms with Crippen LogP contribution in [0.5, 0.6) is 0 Å². The minimum atomic E-state index is -3.87. The van der Waals surface area contributed by atoms with Crippen molar-refractivity contribution >= 4 is 21.7 Å². The Morgan fingerprint density at radius 3 is 1.93 bits per heavy atom. The van der Waals surface area contributed by atoms with E-state index in [9.17, 15) is 8.42 Å². The zero-order chi connectivity index (χ0) is 19.1. The van der Waals surface area contributed by atoms with E-state index < -0.39 is 16.2 Å². The molecule has 2 aromatic rings. The Morgan fingerprint density at radius 2 is 1.41 bits per heavy atom. The number of hydrogen-bond acceptors (Lipinski definition) is 5. The lowest BCUT2D eigenvalue weighted by Gasteiger charge is -2.35. The maximum absolute atomic E-state index is 11.2. The van der Waals surface area contributed by atoms with Crippen molar-refractivity contribution in [3.8, 4) is 0 Å². The third-order valence-electron chi connectivity index (χ3n) is 4.48. The lowest BCUT2D eigenvalue weighted by Crippen LogP contribution is -2.47. The molecule has 5 nitrogen and oxygen atoms in total. The molecule has 1 aliphatic heterocycles. The van der Waals surface area contributed by atoms with Gasteiger partial charge in [0.2, 0.25) is 5.79 Å². The number of benzene rings is 2. The number of nitrogens with zero attached hydrogens (tertiary/aromatic N) is 1. The Labute approximate surface area is 159 Å². The van der Waals surface area contributed by atoms with Crippen LogP contribution >= 0.6 is 0 Å². The van der Waals surface area contributed by atoms with Crippen molar-refractivity contribution in [1.82, 2.24) is 0 Å². The van der Waals surface area contributed by atoms with Crippen molar-refractivity contribution < 1.29 is 16.8 Å². The molecule has 0 aromatic heterocycles. The number of rotatable bonds is 3. The zero-order valence-corrected chi connectivity index (χ0v) is 15.8. The average Bonchev–Trinajstić information content (AvgIpc) is 2.63. The number of hydrogen-bond donors (Lipinski definition) is 0. The van der Waals surface area contributed by atoms with Crippen molar-refractivity contribution in [3.63, 3.8) is 0 Å². The second kappa shape index (κ2) is 6.49. The Morgan fingerprint density at radius 1 is 0.852 bits per heavy atom. The molecule has 0 saturated carbocycles. The Bertz CT molecular complexity index is 1020. The van der Waals surface area contributed by atoms with E-state index in [1.165, 1.54) is 0 Å². The van der Waals surface area contributed by atoms with E-state index >= 15 is 0 Å². The molecule has 0 unspecified atom stereocenters. The Hall–Kier alpha value is -2.67. The SMILES string of the molecule is CN(C)c1ccc(C(=C2C=CC3(C=C2)OS(=O)(=O)O3)c2ccccc2)cc1. The molecule has 2 aliphatic rings. The molecule has 0 amide bonds. The van der Waals surface area contributed by atoms with Crippen molar-refractivity contribution in [2.24, 2.45) is 0 Å². The van der Waals surface area contributed by atoms with E-state index in [1.807, 2.05) is 44.4 Å². The number of allylic oxidation sites excluding steroid dienone is 3. The minimum Gasteiger partial charge on any atom is -0.378 e. The van der Waals surface area contributed by atoms with Crippen LogP contribution in [0.25, 0.3) is 5.57 Å². The van der Waals surface area contributed by atoms with Crippen LogP contribution in [0.1, 0.15) is 11.1 Å². The first-order chi connectivity index (χ1) is 12.9. The average molecular weight is 381 g/mol. The van der Waals surface area contributed by atoms with E-state index in [0.29, 0.717) is 0 Å². The molecule has 6 heteroatoms. The molecule has 27 heavy (non-hydrogen) atoms. The minimum absolute atomic E-state index is 0.945. The fraction of sp³-hybridized carbons (Fsp3) is 0.143. The van der Waals surface area contributed by atoms with Gasteiger partial charge in [-0.05, 0) is 46.6 Å². The van der Waals surface area contributed by atoms with Gasteiger partial charge in [-0.15, -0.1) is 0 Å². The van der Waals surface area contributed by atoms with Gasteiger partial charge in [0, 0.05) is 19.8 Å². The van der Waals surface area contributed by atoms with Gasteiger partial charge >= 0.3 is 10.4 Å². The van der Waals surface area contributed by atoms with Crippen molar-refractivity contribution in [2.75, 3.05) is 19.0 Å². The lowest BCUT2D eigenvalue weighted by atomic mass is 9.90. The zero-order valence-electron chi connectivity index (χ0n) is 15.0. The lowest BCUT2D eigenvalue weighted by molar-refractivity contribution is -0.111. The highest BCUT2D eigenvalue weighted by atomic mass is 32.3. The van der Waals surface area contributed by atoms with E-state index in [2.05, 4.69) is 41.3 Å². The predicted octanol–water partition coefficient (Wildman–Crippen LogP) is 3.67. The second-order valence-electron chi connectivity index (χ2n) is 6.60. The summed E-state index contributed by atoms with van der Waals surface area (Å²) < 4.78 is 32.1. The van der Waals surface area contributed by atoms with Crippen LogP contribution in [-0.4, -0.2) is 28.3 Å². The summed E-state index contributed by atoms with van der Waals surface area (Å²) in [6.07, 6.45) is 6.88. The highest BCUT2D eigenvalue weighted by molar-refractivity contribution is 7.82. The summed E-state index contributed by atoms with van der Waals surface area (Å²) >= 11 is 0. The standard InChI is InChI=1S/C21H19NO4S/c1-22(2)19-10-8-17(9-11-19)20(16-6-4-3-5-7-16)18-12-14-21(15-13-18)25-27(23,24)26-21/h3-15H,1-2H3. The predicted molar refractivity (Wildman–Crippen MR) is 105 cm³/mol. The summed E-state index contributed by atoms with van der Waals surface area (Å²) in [7, 11) is 0.141. The van der Waals surface area contributed by atoms with E-state index in [-0.39, 0.29) is 0 Å². The first-order valence-corrected chi connectivity index (χ1v) is 9.83. The fourth-order valence-electron chi connectivity index (χ4n) is 3.16.